The molecule has 0 amide bonds. The van der Waals surface area contributed by atoms with Crippen molar-refractivity contribution in [3.8, 4) is 6.07 Å². The summed E-state index contributed by atoms with van der Waals surface area (Å²) in [5.41, 5.74) is 1.84. The smallest absolute Gasteiger partial charge is 0.338 e. The van der Waals surface area contributed by atoms with Crippen LogP contribution in [0.1, 0.15) is 151 Å². The molecule has 35 heavy (non-hydrogen) atoms. The van der Waals surface area contributed by atoms with E-state index in [1.54, 1.807) is 0 Å². The van der Waals surface area contributed by atoms with Crippen LogP contribution in [0.15, 0.2) is 24.3 Å². The van der Waals surface area contributed by atoms with E-state index in [0.29, 0.717) is 11.5 Å². The van der Waals surface area contributed by atoms with Gasteiger partial charge in [-0.3, -0.25) is 0 Å². The average molecular weight is 480 g/mol. The monoisotopic (exact) mass is 479 g/mol. The van der Waals surface area contributed by atoms with Gasteiger partial charge < -0.3 is 4.74 Å². The molecule has 0 unspecified atom stereocenters. The van der Waals surface area contributed by atoms with Crippen LogP contribution in [-0.4, -0.2) is 12.1 Å². The van der Waals surface area contributed by atoms with Gasteiger partial charge in [0.25, 0.3) is 0 Å². The predicted octanol–water partition coefficient (Wildman–Crippen LogP) is 9.51. The van der Waals surface area contributed by atoms with Crippen molar-refractivity contribution in [3.63, 3.8) is 0 Å². The maximum Gasteiger partial charge on any atom is 0.338 e. The summed E-state index contributed by atoms with van der Waals surface area (Å²) in [4.78, 5) is 12.8. The largest absolute Gasteiger partial charge is 0.459 e. The molecule has 0 saturated heterocycles. The number of carbonyl (C=O) groups excluding carboxylic acids is 1. The topological polar surface area (TPSA) is 50.1 Å². The molecule has 3 nitrogen and oxygen atoms in total. The lowest BCUT2D eigenvalue weighted by Crippen LogP contribution is -2.31. The summed E-state index contributed by atoms with van der Waals surface area (Å²) in [5, 5.41) is 9.83. The highest BCUT2D eigenvalue weighted by Crippen LogP contribution is 2.41. The number of ether oxygens (including phenoxy) is 1. The van der Waals surface area contributed by atoms with Crippen LogP contribution in [0.5, 0.6) is 0 Å². The molecule has 0 spiro atoms. The van der Waals surface area contributed by atoms with Crippen molar-refractivity contribution in [2.24, 2.45) is 11.3 Å². The third kappa shape index (κ3) is 8.66. The van der Waals surface area contributed by atoms with Crippen molar-refractivity contribution < 1.29 is 9.53 Å². The normalized spacial score (nSPS) is 26.7. The molecule has 2 fully saturated rings. The van der Waals surface area contributed by atoms with Crippen LogP contribution < -0.4 is 0 Å². The van der Waals surface area contributed by atoms with Crippen LogP contribution in [0.25, 0.3) is 0 Å². The van der Waals surface area contributed by atoms with Crippen LogP contribution in [-0.2, 0) is 4.74 Å². The van der Waals surface area contributed by atoms with Crippen molar-refractivity contribution in [2.45, 2.75) is 141 Å². The Balaban J connectivity index is 1.40. The van der Waals surface area contributed by atoms with E-state index in [-0.39, 0.29) is 17.5 Å². The van der Waals surface area contributed by atoms with Crippen molar-refractivity contribution in [1.29, 1.82) is 5.26 Å². The van der Waals surface area contributed by atoms with Crippen molar-refractivity contribution >= 4 is 5.97 Å². The fourth-order valence-corrected chi connectivity index (χ4v) is 6.32. The highest BCUT2D eigenvalue weighted by Gasteiger charge is 2.36. The molecule has 2 aliphatic rings. The second kappa shape index (κ2) is 14.7. The fraction of sp³-hybridized carbons (Fsp3) is 0.750. The van der Waals surface area contributed by atoms with Gasteiger partial charge in [0.1, 0.15) is 6.10 Å². The van der Waals surface area contributed by atoms with Gasteiger partial charge in [-0.05, 0) is 87.3 Å². The Labute approximate surface area is 215 Å². The number of nitriles is 1. The van der Waals surface area contributed by atoms with Gasteiger partial charge in [-0.1, -0.05) is 83.8 Å². The molecule has 0 atom stereocenters. The van der Waals surface area contributed by atoms with E-state index in [0.717, 1.165) is 44.4 Å². The molecular formula is C32H49NO2. The Kier molecular flexibility index (Phi) is 11.6. The number of hydrogen-bond acceptors (Lipinski definition) is 3. The molecule has 1 aromatic carbocycles. The number of rotatable bonds is 13. The number of carbonyl (C=O) groups is 1. The summed E-state index contributed by atoms with van der Waals surface area (Å²) in [6.07, 6.45) is 21.2. The third-order valence-corrected chi connectivity index (χ3v) is 8.84. The Hall–Kier alpha value is -1.82. The Morgan fingerprint density at radius 3 is 2.14 bits per heavy atom. The van der Waals surface area contributed by atoms with Crippen LogP contribution in [0.4, 0.5) is 0 Å². The lowest BCUT2D eigenvalue weighted by molar-refractivity contribution is 0.0105. The number of benzene rings is 1. The molecule has 0 heterocycles. The first-order chi connectivity index (χ1) is 17.1. The van der Waals surface area contributed by atoms with E-state index >= 15 is 0 Å². The van der Waals surface area contributed by atoms with Gasteiger partial charge in [-0.2, -0.15) is 5.26 Å². The first-order valence-electron chi connectivity index (χ1n) is 14.8. The van der Waals surface area contributed by atoms with Crippen LogP contribution in [0.2, 0.25) is 0 Å². The van der Waals surface area contributed by atoms with Gasteiger partial charge in [0.2, 0.25) is 0 Å². The third-order valence-electron chi connectivity index (χ3n) is 8.84. The molecule has 2 aliphatic carbocycles. The van der Waals surface area contributed by atoms with Crippen LogP contribution in [0.3, 0.4) is 0 Å². The zero-order valence-electron chi connectivity index (χ0n) is 22.5. The van der Waals surface area contributed by atoms with E-state index in [1.165, 1.54) is 82.6 Å². The van der Waals surface area contributed by atoms with Crippen molar-refractivity contribution in [1.82, 2.24) is 0 Å². The SMILES string of the molecule is CCCCCCCC1(C#N)CCC(OC(=O)c2ccc([C@H]3CC[C@H](CCCCC)CC3)cc2)CC1. The van der Waals surface area contributed by atoms with E-state index in [9.17, 15) is 10.1 Å². The first-order valence-corrected chi connectivity index (χ1v) is 14.8. The summed E-state index contributed by atoms with van der Waals surface area (Å²) in [6.45, 7) is 4.51. The molecule has 0 N–H and O–H groups in total. The lowest BCUT2D eigenvalue weighted by Gasteiger charge is -2.34. The Bertz CT molecular complexity index is 777. The minimum atomic E-state index is -0.204. The molecule has 0 aromatic heterocycles. The Morgan fingerprint density at radius 1 is 0.886 bits per heavy atom. The minimum absolute atomic E-state index is 0.0493. The molecule has 0 bridgehead atoms. The van der Waals surface area contributed by atoms with Gasteiger partial charge in [-0.15, -0.1) is 0 Å². The zero-order chi connectivity index (χ0) is 24.9. The lowest BCUT2D eigenvalue weighted by atomic mass is 9.71. The molecule has 0 radical (unpaired) electrons. The van der Waals surface area contributed by atoms with Gasteiger partial charge >= 0.3 is 5.97 Å². The van der Waals surface area contributed by atoms with Gasteiger partial charge in [0.05, 0.1) is 17.0 Å². The maximum atomic E-state index is 12.8. The maximum absolute atomic E-state index is 12.8. The molecule has 1 aromatic rings. The van der Waals surface area contributed by atoms with Crippen LogP contribution >= 0.6 is 0 Å². The van der Waals surface area contributed by atoms with E-state index < -0.39 is 0 Å². The van der Waals surface area contributed by atoms with E-state index in [1.807, 2.05) is 12.1 Å². The standard InChI is InChI=1S/C32H49NO2/c1-3-5-7-8-10-22-32(25-33)23-20-30(21-24-32)35-31(34)29-18-16-28(17-19-29)27-14-12-26(13-15-27)11-9-6-4-2/h16-19,26-27,30H,3-15,20-24H2,1-2H3/t26-,27-,30?,32?. The zero-order valence-corrected chi connectivity index (χ0v) is 22.5. The van der Waals surface area contributed by atoms with Crippen LogP contribution in [0, 0.1) is 22.7 Å². The second-order valence-corrected chi connectivity index (χ2v) is 11.5. The molecule has 0 aliphatic heterocycles. The van der Waals surface area contributed by atoms with Gasteiger partial charge in [-0.25, -0.2) is 4.79 Å². The first kappa shape index (κ1) is 27.8. The van der Waals surface area contributed by atoms with Gasteiger partial charge in [0, 0.05) is 0 Å². The minimum Gasteiger partial charge on any atom is -0.459 e. The fourth-order valence-electron chi connectivity index (χ4n) is 6.32. The Morgan fingerprint density at radius 2 is 1.51 bits per heavy atom. The number of unbranched alkanes of at least 4 members (excludes halogenated alkanes) is 6. The summed E-state index contributed by atoms with van der Waals surface area (Å²) >= 11 is 0. The van der Waals surface area contributed by atoms with E-state index in [2.05, 4.69) is 32.0 Å². The number of esters is 1. The summed E-state index contributed by atoms with van der Waals surface area (Å²) in [7, 11) is 0. The highest BCUT2D eigenvalue weighted by atomic mass is 16.5. The second-order valence-electron chi connectivity index (χ2n) is 11.5. The molecule has 2 saturated carbocycles. The predicted molar refractivity (Wildman–Crippen MR) is 144 cm³/mol. The number of hydrogen-bond donors (Lipinski definition) is 0. The van der Waals surface area contributed by atoms with Gasteiger partial charge in [0.15, 0.2) is 0 Å². The average Bonchev–Trinajstić information content (AvgIpc) is 2.90. The summed E-state index contributed by atoms with van der Waals surface area (Å²) < 4.78 is 5.87. The quantitative estimate of drug-likeness (QED) is 0.209. The molecule has 3 rings (SSSR count). The van der Waals surface area contributed by atoms with E-state index in [4.69, 9.17) is 4.74 Å². The molecular weight excluding hydrogens is 430 g/mol. The van der Waals surface area contributed by atoms with Crippen molar-refractivity contribution in [3.05, 3.63) is 35.4 Å². The van der Waals surface area contributed by atoms with Crippen molar-refractivity contribution in [2.75, 3.05) is 0 Å². The summed E-state index contributed by atoms with van der Waals surface area (Å²) in [5.74, 6) is 1.36. The highest BCUT2D eigenvalue weighted by molar-refractivity contribution is 5.89. The molecule has 194 valence electrons. The number of nitrogens with zero attached hydrogens (tertiary/aromatic N) is 1. The molecule has 3 heteroatoms. The summed E-state index contributed by atoms with van der Waals surface area (Å²) in [6, 6.07) is 10.9.